The van der Waals surface area contributed by atoms with Crippen molar-refractivity contribution in [2.75, 3.05) is 28.3 Å². The van der Waals surface area contributed by atoms with Crippen LogP contribution in [0.15, 0.2) is 83.8 Å². The predicted octanol–water partition coefficient (Wildman–Crippen LogP) is 5.63. The van der Waals surface area contributed by atoms with Crippen LogP contribution in [-0.4, -0.2) is 23.4 Å². The van der Waals surface area contributed by atoms with E-state index >= 15 is 0 Å². The molecule has 30 heavy (non-hydrogen) atoms. The molecule has 1 amide bonds. The Labute approximate surface area is 186 Å². The molecule has 0 aliphatic heterocycles. The van der Waals surface area contributed by atoms with Crippen LogP contribution in [0.1, 0.15) is 6.92 Å². The van der Waals surface area contributed by atoms with Gasteiger partial charge in [0.25, 0.3) is 0 Å². The number of carbonyl (C=O) groups excluding carboxylic acids is 1. The Morgan fingerprint density at radius 2 is 1.60 bits per heavy atom. The smallest absolute Gasteiger partial charge is 0.234 e. The van der Waals surface area contributed by atoms with Crippen molar-refractivity contribution in [3.05, 3.63) is 78.9 Å². The van der Waals surface area contributed by atoms with Crippen molar-refractivity contribution in [2.45, 2.75) is 11.8 Å². The number of hydrogen-bond donors (Lipinski definition) is 3. The third-order valence-electron chi connectivity index (χ3n) is 3.95. The average molecular weight is 438 g/mol. The maximum Gasteiger partial charge on any atom is 0.234 e. The van der Waals surface area contributed by atoms with Crippen LogP contribution in [0.3, 0.4) is 0 Å². The molecule has 0 spiro atoms. The van der Waals surface area contributed by atoms with Gasteiger partial charge in [0.05, 0.1) is 18.0 Å². The number of carbonyl (C=O) groups is 1. The van der Waals surface area contributed by atoms with Gasteiger partial charge in [-0.05, 0) is 61.6 Å². The van der Waals surface area contributed by atoms with Gasteiger partial charge in [-0.2, -0.15) is 0 Å². The number of anilines is 3. The summed E-state index contributed by atoms with van der Waals surface area (Å²) in [6.07, 6.45) is 0. The Morgan fingerprint density at radius 3 is 2.40 bits per heavy atom. The molecular weight excluding hydrogens is 414 g/mol. The first-order chi connectivity index (χ1) is 14.6. The Balaban J connectivity index is 1.52. The van der Waals surface area contributed by atoms with E-state index in [0.29, 0.717) is 23.2 Å². The van der Waals surface area contributed by atoms with Crippen LogP contribution in [-0.2, 0) is 4.79 Å². The summed E-state index contributed by atoms with van der Waals surface area (Å²) >= 11 is 6.82. The van der Waals surface area contributed by atoms with Crippen molar-refractivity contribution in [1.29, 1.82) is 0 Å². The fourth-order valence-corrected chi connectivity index (χ4v) is 3.66. The molecule has 0 saturated carbocycles. The van der Waals surface area contributed by atoms with Gasteiger partial charge < -0.3 is 20.7 Å². The molecule has 0 bridgehead atoms. The number of rotatable bonds is 8. The highest BCUT2D eigenvalue weighted by Gasteiger charge is 2.08. The normalized spacial score (nSPS) is 10.2. The van der Waals surface area contributed by atoms with Crippen molar-refractivity contribution >= 4 is 52.1 Å². The summed E-state index contributed by atoms with van der Waals surface area (Å²) in [4.78, 5) is 13.3. The highest BCUT2D eigenvalue weighted by atomic mass is 32.2. The number of ether oxygens (including phenoxy) is 1. The zero-order chi connectivity index (χ0) is 21.2. The first kappa shape index (κ1) is 21.7. The van der Waals surface area contributed by atoms with Crippen molar-refractivity contribution < 1.29 is 9.53 Å². The molecule has 0 unspecified atom stereocenters. The zero-order valence-electron chi connectivity index (χ0n) is 16.6. The molecule has 0 aliphatic carbocycles. The molecule has 3 aromatic carbocycles. The third kappa shape index (κ3) is 6.79. The van der Waals surface area contributed by atoms with E-state index in [1.807, 2.05) is 85.8 Å². The molecule has 0 saturated heterocycles. The molecule has 0 aliphatic rings. The molecular formula is C23H23N3O2S2. The first-order valence-corrected chi connectivity index (χ1v) is 10.9. The van der Waals surface area contributed by atoms with Crippen LogP contribution in [0.25, 0.3) is 0 Å². The van der Waals surface area contributed by atoms with Gasteiger partial charge in [-0.1, -0.05) is 36.4 Å². The molecule has 0 aromatic heterocycles. The summed E-state index contributed by atoms with van der Waals surface area (Å²) in [5, 5.41) is 9.73. The minimum absolute atomic E-state index is 0.0909. The molecule has 3 aromatic rings. The van der Waals surface area contributed by atoms with Crippen LogP contribution in [0.5, 0.6) is 5.75 Å². The molecule has 154 valence electrons. The lowest BCUT2D eigenvalue weighted by molar-refractivity contribution is -0.113. The second-order valence-corrected chi connectivity index (χ2v) is 7.70. The van der Waals surface area contributed by atoms with E-state index in [9.17, 15) is 4.79 Å². The van der Waals surface area contributed by atoms with Crippen LogP contribution in [0, 0.1) is 0 Å². The van der Waals surface area contributed by atoms with Gasteiger partial charge in [0, 0.05) is 16.3 Å². The second-order valence-electron chi connectivity index (χ2n) is 6.24. The summed E-state index contributed by atoms with van der Waals surface area (Å²) in [7, 11) is 0. The van der Waals surface area contributed by atoms with Gasteiger partial charge in [-0.3, -0.25) is 4.79 Å². The van der Waals surface area contributed by atoms with Crippen LogP contribution in [0.2, 0.25) is 0 Å². The largest absolute Gasteiger partial charge is 0.492 e. The predicted molar refractivity (Wildman–Crippen MR) is 130 cm³/mol. The number of nitrogens with one attached hydrogen (secondary N) is 3. The summed E-state index contributed by atoms with van der Waals surface area (Å²) in [6, 6.07) is 24.9. The molecule has 0 fully saturated rings. The minimum atomic E-state index is -0.0909. The molecule has 3 rings (SSSR count). The van der Waals surface area contributed by atoms with Crippen molar-refractivity contribution in [3.63, 3.8) is 0 Å². The Morgan fingerprint density at radius 1 is 0.900 bits per heavy atom. The Bertz CT molecular complexity index is 997. The van der Waals surface area contributed by atoms with E-state index in [1.165, 1.54) is 11.8 Å². The summed E-state index contributed by atoms with van der Waals surface area (Å²) < 4.78 is 5.55. The Hall–Kier alpha value is -3.03. The maximum atomic E-state index is 12.4. The zero-order valence-corrected chi connectivity index (χ0v) is 18.2. The number of amides is 1. The van der Waals surface area contributed by atoms with Crippen LogP contribution < -0.4 is 20.7 Å². The van der Waals surface area contributed by atoms with Gasteiger partial charge in [0.15, 0.2) is 5.11 Å². The number of hydrogen-bond acceptors (Lipinski definition) is 4. The molecule has 3 N–H and O–H groups in total. The number of thiocarbonyl (C=S) groups is 1. The van der Waals surface area contributed by atoms with Crippen molar-refractivity contribution in [3.8, 4) is 5.75 Å². The quantitative estimate of drug-likeness (QED) is 0.314. The lowest BCUT2D eigenvalue weighted by Gasteiger charge is -2.12. The topological polar surface area (TPSA) is 62.4 Å². The molecule has 0 heterocycles. The van der Waals surface area contributed by atoms with Gasteiger partial charge in [0.2, 0.25) is 5.91 Å². The average Bonchev–Trinajstić information content (AvgIpc) is 2.75. The number of benzene rings is 3. The number of para-hydroxylation sites is 3. The SMILES string of the molecule is CCOc1ccccc1NC(=O)CSc1cccc(NC(=S)Nc2ccccc2)c1. The van der Waals surface area contributed by atoms with Crippen LogP contribution in [0.4, 0.5) is 17.1 Å². The van der Waals surface area contributed by atoms with E-state index in [0.717, 1.165) is 16.3 Å². The summed E-state index contributed by atoms with van der Waals surface area (Å²) in [6.45, 7) is 2.46. The van der Waals surface area contributed by atoms with E-state index in [1.54, 1.807) is 0 Å². The molecule has 0 atom stereocenters. The highest BCUT2D eigenvalue weighted by molar-refractivity contribution is 8.00. The van der Waals surface area contributed by atoms with Gasteiger partial charge in [-0.25, -0.2) is 0 Å². The third-order valence-corrected chi connectivity index (χ3v) is 5.15. The van der Waals surface area contributed by atoms with E-state index < -0.39 is 0 Å². The van der Waals surface area contributed by atoms with Gasteiger partial charge in [-0.15, -0.1) is 11.8 Å². The van der Waals surface area contributed by atoms with Crippen molar-refractivity contribution in [2.24, 2.45) is 0 Å². The molecule has 0 radical (unpaired) electrons. The molecule has 7 heteroatoms. The van der Waals surface area contributed by atoms with Gasteiger partial charge in [0.1, 0.15) is 5.75 Å². The van der Waals surface area contributed by atoms with Gasteiger partial charge >= 0.3 is 0 Å². The highest BCUT2D eigenvalue weighted by Crippen LogP contribution is 2.25. The van der Waals surface area contributed by atoms with Crippen LogP contribution >= 0.6 is 24.0 Å². The minimum Gasteiger partial charge on any atom is -0.492 e. The monoisotopic (exact) mass is 437 g/mol. The van der Waals surface area contributed by atoms with E-state index in [2.05, 4.69) is 16.0 Å². The maximum absolute atomic E-state index is 12.4. The van der Waals surface area contributed by atoms with E-state index in [4.69, 9.17) is 17.0 Å². The first-order valence-electron chi connectivity index (χ1n) is 9.51. The fourth-order valence-electron chi connectivity index (χ4n) is 2.67. The lowest BCUT2D eigenvalue weighted by Crippen LogP contribution is -2.19. The van der Waals surface area contributed by atoms with E-state index in [-0.39, 0.29) is 11.7 Å². The summed E-state index contributed by atoms with van der Waals surface area (Å²) in [5.74, 6) is 0.868. The molecule has 5 nitrogen and oxygen atoms in total. The standard InChI is InChI=1S/C23H23N3O2S2/c1-2-28-21-14-7-6-13-20(21)26-22(27)16-30-19-12-8-11-18(15-19)25-23(29)24-17-9-4-3-5-10-17/h3-15H,2,16H2,1H3,(H,26,27)(H2,24,25,29). The summed E-state index contributed by atoms with van der Waals surface area (Å²) in [5.41, 5.74) is 2.46. The fraction of sp³-hybridized carbons (Fsp3) is 0.130. The number of thioether (sulfide) groups is 1. The second kappa shape index (κ2) is 11.2. The Kier molecular flexibility index (Phi) is 8.11. The van der Waals surface area contributed by atoms with Crippen molar-refractivity contribution in [1.82, 2.24) is 0 Å². The lowest BCUT2D eigenvalue weighted by atomic mass is 10.3.